The van der Waals surface area contributed by atoms with Gasteiger partial charge in [-0.25, -0.2) is 0 Å². The van der Waals surface area contributed by atoms with Crippen LogP contribution in [-0.2, 0) is 9.47 Å². The lowest BCUT2D eigenvalue weighted by atomic mass is 10.0. The Hall–Kier alpha value is -0.200. The van der Waals surface area contributed by atoms with E-state index in [0.717, 1.165) is 12.8 Å². The zero-order valence-electron chi connectivity index (χ0n) is 18.9. The molecular formula is C24H48O5. The normalized spacial score (nSPS) is 24.8. The molecule has 0 radical (unpaired) electrons. The van der Waals surface area contributed by atoms with E-state index in [1.165, 1.54) is 89.9 Å². The molecule has 3 N–H and O–H groups in total. The number of hydrogen-bond donors (Lipinski definition) is 3. The first-order valence-electron chi connectivity index (χ1n) is 12.4. The van der Waals surface area contributed by atoms with Gasteiger partial charge in [-0.2, -0.15) is 0 Å². The number of unbranched alkanes of at least 4 members (excludes halogenated alkanes) is 15. The van der Waals surface area contributed by atoms with Crippen LogP contribution in [-0.4, -0.2) is 59.6 Å². The second-order valence-electron chi connectivity index (χ2n) is 8.75. The molecule has 0 aliphatic carbocycles. The van der Waals surface area contributed by atoms with Gasteiger partial charge in [0.2, 0.25) is 0 Å². The van der Waals surface area contributed by atoms with Gasteiger partial charge in [0.25, 0.3) is 0 Å². The van der Waals surface area contributed by atoms with Gasteiger partial charge in [-0.05, 0) is 6.42 Å². The Kier molecular flexibility index (Phi) is 17.2. The van der Waals surface area contributed by atoms with Crippen LogP contribution >= 0.6 is 0 Å². The molecule has 0 amide bonds. The van der Waals surface area contributed by atoms with E-state index in [1.54, 1.807) is 0 Å². The summed E-state index contributed by atoms with van der Waals surface area (Å²) in [5.41, 5.74) is 0. The van der Waals surface area contributed by atoms with Crippen LogP contribution in [0.25, 0.3) is 0 Å². The predicted molar refractivity (Wildman–Crippen MR) is 118 cm³/mol. The number of aliphatic hydroxyl groups excluding tert-OH is 3. The molecule has 0 aromatic rings. The number of aliphatic hydroxyl groups is 3. The number of hydrogen-bond acceptors (Lipinski definition) is 5. The Morgan fingerprint density at radius 1 is 0.690 bits per heavy atom. The second-order valence-corrected chi connectivity index (χ2v) is 8.75. The predicted octanol–water partition coefficient (Wildman–Crippen LogP) is 4.75. The molecule has 1 aliphatic rings. The smallest absolute Gasteiger partial charge is 0.111 e. The van der Waals surface area contributed by atoms with Gasteiger partial charge in [-0.15, -0.1) is 0 Å². The Morgan fingerprint density at radius 2 is 1.14 bits per heavy atom. The zero-order valence-corrected chi connectivity index (χ0v) is 18.9. The van der Waals surface area contributed by atoms with E-state index in [-0.39, 0.29) is 13.2 Å². The SMILES string of the molecule is CCCCCCCCCCCCCCCCCCO[C@@H]1CO[C@@H](CO)[C@H](O)[C@H]1O. The van der Waals surface area contributed by atoms with Crippen LogP contribution in [0.1, 0.15) is 110 Å². The Morgan fingerprint density at radius 3 is 1.59 bits per heavy atom. The van der Waals surface area contributed by atoms with Crippen molar-refractivity contribution >= 4 is 0 Å². The summed E-state index contributed by atoms with van der Waals surface area (Å²) in [5.74, 6) is 0. The summed E-state index contributed by atoms with van der Waals surface area (Å²) in [6.07, 6.45) is 18.2. The van der Waals surface area contributed by atoms with E-state index in [1.807, 2.05) is 0 Å². The highest BCUT2D eigenvalue weighted by Crippen LogP contribution is 2.18. The van der Waals surface area contributed by atoms with Crippen molar-refractivity contribution < 1.29 is 24.8 Å². The van der Waals surface area contributed by atoms with E-state index >= 15 is 0 Å². The van der Waals surface area contributed by atoms with Crippen LogP contribution in [0.15, 0.2) is 0 Å². The van der Waals surface area contributed by atoms with Crippen molar-refractivity contribution in [3.8, 4) is 0 Å². The molecule has 5 heteroatoms. The molecule has 5 nitrogen and oxygen atoms in total. The molecular weight excluding hydrogens is 368 g/mol. The third-order valence-corrected chi connectivity index (χ3v) is 6.10. The molecule has 0 spiro atoms. The summed E-state index contributed by atoms with van der Waals surface area (Å²) >= 11 is 0. The standard InChI is InChI=1S/C24H48O5/c1-2-3-4-5-6-7-8-9-10-11-12-13-14-15-16-17-18-28-22-20-29-21(19-25)23(26)24(22)27/h21-27H,2-20H2,1H3/t21-,22+,23-,24-/m0/s1. The number of ether oxygens (including phenoxy) is 2. The number of rotatable bonds is 19. The highest BCUT2D eigenvalue weighted by molar-refractivity contribution is 4.87. The lowest BCUT2D eigenvalue weighted by molar-refractivity contribution is -0.208. The van der Waals surface area contributed by atoms with Crippen molar-refractivity contribution in [3.63, 3.8) is 0 Å². The van der Waals surface area contributed by atoms with Gasteiger partial charge >= 0.3 is 0 Å². The van der Waals surface area contributed by atoms with Gasteiger partial charge in [0, 0.05) is 6.61 Å². The van der Waals surface area contributed by atoms with Gasteiger partial charge in [0.05, 0.1) is 13.2 Å². The molecule has 0 unspecified atom stereocenters. The Balaban J connectivity index is 1.79. The first-order chi connectivity index (χ1) is 14.2. The van der Waals surface area contributed by atoms with Crippen LogP contribution in [0.5, 0.6) is 0 Å². The zero-order chi connectivity index (χ0) is 21.2. The maximum atomic E-state index is 10.0. The van der Waals surface area contributed by atoms with Crippen molar-refractivity contribution in [1.29, 1.82) is 0 Å². The van der Waals surface area contributed by atoms with Crippen molar-refractivity contribution in [3.05, 3.63) is 0 Å². The van der Waals surface area contributed by atoms with Gasteiger partial charge in [0.1, 0.15) is 24.4 Å². The highest BCUT2D eigenvalue weighted by Gasteiger charge is 2.38. The maximum Gasteiger partial charge on any atom is 0.111 e. The fourth-order valence-electron chi connectivity index (χ4n) is 4.05. The molecule has 29 heavy (non-hydrogen) atoms. The lowest BCUT2D eigenvalue weighted by Gasteiger charge is -2.36. The van der Waals surface area contributed by atoms with Crippen molar-refractivity contribution in [2.24, 2.45) is 0 Å². The molecule has 174 valence electrons. The monoisotopic (exact) mass is 416 g/mol. The van der Waals surface area contributed by atoms with Crippen LogP contribution < -0.4 is 0 Å². The highest BCUT2D eigenvalue weighted by atomic mass is 16.6. The van der Waals surface area contributed by atoms with Gasteiger partial charge in [-0.1, -0.05) is 103 Å². The first-order valence-corrected chi connectivity index (χ1v) is 12.4. The first kappa shape index (κ1) is 26.8. The fraction of sp³-hybridized carbons (Fsp3) is 1.00. The maximum absolute atomic E-state index is 10.0. The molecule has 0 saturated carbocycles. The summed E-state index contributed by atoms with van der Waals surface area (Å²) in [4.78, 5) is 0. The van der Waals surface area contributed by atoms with E-state index in [0.29, 0.717) is 6.61 Å². The molecule has 0 aromatic carbocycles. The van der Waals surface area contributed by atoms with Crippen molar-refractivity contribution in [2.45, 2.75) is 134 Å². The Bertz CT molecular complexity index is 352. The minimum absolute atomic E-state index is 0.225. The molecule has 1 saturated heterocycles. The summed E-state index contributed by atoms with van der Waals surface area (Å²) in [6.45, 7) is 2.79. The quantitative estimate of drug-likeness (QED) is 0.265. The van der Waals surface area contributed by atoms with Crippen molar-refractivity contribution in [2.75, 3.05) is 19.8 Å². The summed E-state index contributed by atoms with van der Waals surface area (Å²) in [7, 11) is 0. The minimum atomic E-state index is -1.08. The fourth-order valence-corrected chi connectivity index (χ4v) is 4.05. The summed E-state index contributed by atoms with van der Waals surface area (Å²) in [6, 6.07) is 0. The summed E-state index contributed by atoms with van der Waals surface area (Å²) in [5, 5.41) is 28.9. The topological polar surface area (TPSA) is 79.2 Å². The minimum Gasteiger partial charge on any atom is -0.394 e. The average molecular weight is 417 g/mol. The molecule has 0 bridgehead atoms. The van der Waals surface area contributed by atoms with Crippen LogP contribution in [0, 0.1) is 0 Å². The molecule has 1 rings (SSSR count). The van der Waals surface area contributed by atoms with Crippen LogP contribution in [0.3, 0.4) is 0 Å². The average Bonchev–Trinajstić information content (AvgIpc) is 2.73. The molecule has 1 heterocycles. The lowest BCUT2D eigenvalue weighted by Crippen LogP contribution is -2.55. The van der Waals surface area contributed by atoms with Crippen LogP contribution in [0.2, 0.25) is 0 Å². The van der Waals surface area contributed by atoms with E-state index in [4.69, 9.17) is 14.6 Å². The summed E-state index contributed by atoms with van der Waals surface area (Å²) < 4.78 is 11.0. The van der Waals surface area contributed by atoms with Crippen LogP contribution in [0.4, 0.5) is 0 Å². The molecule has 1 aliphatic heterocycles. The van der Waals surface area contributed by atoms with Gasteiger partial charge in [0.15, 0.2) is 0 Å². The van der Waals surface area contributed by atoms with E-state index < -0.39 is 24.4 Å². The largest absolute Gasteiger partial charge is 0.394 e. The van der Waals surface area contributed by atoms with Crippen molar-refractivity contribution in [1.82, 2.24) is 0 Å². The third kappa shape index (κ3) is 13.0. The third-order valence-electron chi connectivity index (χ3n) is 6.10. The van der Waals surface area contributed by atoms with E-state index in [9.17, 15) is 10.2 Å². The second kappa shape index (κ2) is 18.6. The van der Waals surface area contributed by atoms with Gasteiger partial charge in [-0.3, -0.25) is 0 Å². The Labute approximate surface area is 179 Å². The molecule has 0 aromatic heterocycles. The van der Waals surface area contributed by atoms with Gasteiger partial charge < -0.3 is 24.8 Å². The molecule has 1 fully saturated rings. The molecule has 4 atom stereocenters. The van der Waals surface area contributed by atoms with E-state index in [2.05, 4.69) is 6.92 Å².